The molecule has 0 saturated carbocycles. The van der Waals surface area contributed by atoms with Gasteiger partial charge in [0.1, 0.15) is 10.7 Å². The summed E-state index contributed by atoms with van der Waals surface area (Å²) in [6, 6.07) is 0. The fourth-order valence-corrected chi connectivity index (χ4v) is 2.13. The van der Waals surface area contributed by atoms with Gasteiger partial charge >= 0.3 is 0 Å². The highest BCUT2D eigenvalue weighted by Gasteiger charge is 2.15. The van der Waals surface area contributed by atoms with Gasteiger partial charge in [0, 0.05) is 20.2 Å². The lowest BCUT2D eigenvalue weighted by molar-refractivity contribution is 0.0950. The van der Waals surface area contributed by atoms with E-state index in [2.05, 4.69) is 15.6 Å². The maximum Gasteiger partial charge on any atom is 0.265 e. The second-order valence-electron chi connectivity index (χ2n) is 4.05. The third kappa shape index (κ3) is 5.41. The Balaban J connectivity index is 2.50. The van der Waals surface area contributed by atoms with Crippen LogP contribution in [0.4, 0.5) is 10.9 Å². The molecule has 7 nitrogen and oxygen atoms in total. The molecule has 1 aromatic rings. The van der Waals surface area contributed by atoms with Crippen LogP contribution in [-0.2, 0) is 4.74 Å². The molecule has 1 rings (SSSR count). The van der Waals surface area contributed by atoms with Crippen molar-refractivity contribution in [2.75, 3.05) is 37.9 Å². The Morgan fingerprint density at radius 1 is 1.58 bits per heavy atom. The van der Waals surface area contributed by atoms with Crippen LogP contribution in [-0.4, -0.2) is 48.9 Å². The zero-order valence-corrected chi connectivity index (χ0v) is 11.9. The van der Waals surface area contributed by atoms with E-state index >= 15 is 0 Å². The van der Waals surface area contributed by atoms with Crippen LogP contribution >= 0.6 is 11.3 Å². The summed E-state index contributed by atoms with van der Waals surface area (Å²) in [5.41, 5.74) is 5.70. The number of anilines is 2. The number of methoxy groups -OCH3 is 1. The minimum absolute atomic E-state index is 0.208. The van der Waals surface area contributed by atoms with Gasteiger partial charge in [-0.3, -0.25) is 4.79 Å². The molecular weight excluding hydrogens is 268 g/mol. The molecular formula is C11H20N4O3S. The van der Waals surface area contributed by atoms with Crippen molar-refractivity contribution in [2.45, 2.75) is 19.4 Å². The van der Waals surface area contributed by atoms with Gasteiger partial charge in [-0.2, -0.15) is 0 Å². The van der Waals surface area contributed by atoms with Crippen LogP contribution in [0.1, 0.15) is 23.0 Å². The van der Waals surface area contributed by atoms with E-state index in [4.69, 9.17) is 15.6 Å². The zero-order valence-electron chi connectivity index (χ0n) is 11.1. The number of amides is 1. The first-order chi connectivity index (χ1) is 9.04. The van der Waals surface area contributed by atoms with Crippen molar-refractivity contribution in [2.24, 2.45) is 0 Å². The fraction of sp³-hybridized carbons (Fsp3) is 0.636. The Labute approximate surface area is 116 Å². The summed E-state index contributed by atoms with van der Waals surface area (Å²) in [5.74, 6) is -0.0603. The van der Waals surface area contributed by atoms with Gasteiger partial charge < -0.3 is 26.2 Å². The number of carbonyl (C=O) groups is 1. The summed E-state index contributed by atoms with van der Waals surface area (Å²) in [6.07, 6.45) is 0.0639. The van der Waals surface area contributed by atoms with Gasteiger partial charge in [0.2, 0.25) is 0 Å². The molecule has 1 heterocycles. The molecule has 0 spiro atoms. The molecule has 1 amide bonds. The molecule has 1 unspecified atom stereocenters. The number of aromatic nitrogens is 1. The molecule has 0 aliphatic rings. The van der Waals surface area contributed by atoms with Gasteiger partial charge in [0.05, 0.1) is 12.7 Å². The van der Waals surface area contributed by atoms with E-state index in [1.165, 1.54) is 11.3 Å². The van der Waals surface area contributed by atoms with Crippen molar-refractivity contribution in [3.8, 4) is 0 Å². The molecule has 19 heavy (non-hydrogen) atoms. The number of nitrogens with one attached hydrogen (secondary N) is 2. The van der Waals surface area contributed by atoms with E-state index < -0.39 is 6.10 Å². The summed E-state index contributed by atoms with van der Waals surface area (Å²) in [5, 5.41) is 15.4. The smallest absolute Gasteiger partial charge is 0.265 e. The van der Waals surface area contributed by atoms with Crippen LogP contribution < -0.4 is 16.4 Å². The molecule has 1 atom stereocenters. The molecule has 0 saturated heterocycles. The molecule has 0 radical (unpaired) electrons. The minimum Gasteiger partial charge on any atom is -0.393 e. The first-order valence-corrected chi connectivity index (χ1v) is 6.81. The Kier molecular flexibility index (Phi) is 6.54. The maximum absolute atomic E-state index is 11.8. The van der Waals surface area contributed by atoms with Gasteiger partial charge in [0.15, 0.2) is 5.13 Å². The number of nitrogens with zero attached hydrogens (tertiary/aromatic N) is 1. The summed E-state index contributed by atoms with van der Waals surface area (Å²) in [7, 11) is 1.61. The van der Waals surface area contributed by atoms with Gasteiger partial charge in [-0.25, -0.2) is 4.98 Å². The molecule has 5 N–H and O–H groups in total. The quantitative estimate of drug-likeness (QED) is 0.512. The standard InChI is InChI=1S/C11H20N4O3S/c1-7(16)3-4-13-10(17)8-9(12)15-11(19-8)14-5-6-18-2/h7,16H,3-6,12H2,1-2H3,(H,13,17)(H,14,15). The number of carbonyl (C=O) groups excluding carboxylic acids is 1. The Morgan fingerprint density at radius 3 is 2.95 bits per heavy atom. The SMILES string of the molecule is COCCNc1nc(N)c(C(=O)NCCC(C)O)s1. The van der Waals surface area contributed by atoms with Crippen LogP contribution in [0.5, 0.6) is 0 Å². The van der Waals surface area contributed by atoms with E-state index in [0.29, 0.717) is 36.1 Å². The molecule has 0 aromatic carbocycles. The van der Waals surface area contributed by atoms with Gasteiger partial charge in [-0.05, 0) is 13.3 Å². The first kappa shape index (κ1) is 15.7. The van der Waals surface area contributed by atoms with E-state index in [-0.39, 0.29) is 11.7 Å². The number of hydrogen-bond donors (Lipinski definition) is 4. The Bertz CT molecular complexity index is 409. The maximum atomic E-state index is 11.8. The molecule has 0 aliphatic carbocycles. The number of rotatable bonds is 8. The van der Waals surface area contributed by atoms with Gasteiger partial charge in [-0.15, -0.1) is 0 Å². The Hall–Kier alpha value is -1.38. The fourth-order valence-electron chi connectivity index (χ4n) is 1.31. The van der Waals surface area contributed by atoms with Crippen molar-refractivity contribution in [1.29, 1.82) is 0 Å². The molecule has 1 aromatic heterocycles. The third-order valence-corrected chi connectivity index (χ3v) is 3.32. The lowest BCUT2D eigenvalue weighted by Crippen LogP contribution is -2.26. The second-order valence-corrected chi connectivity index (χ2v) is 5.05. The number of hydrogen-bond acceptors (Lipinski definition) is 7. The number of ether oxygens (including phenoxy) is 1. The third-order valence-electron chi connectivity index (χ3n) is 2.29. The summed E-state index contributed by atoms with van der Waals surface area (Å²) in [6.45, 7) is 3.23. The van der Waals surface area contributed by atoms with Crippen molar-refractivity contribution in [3.63, 3.8) is 0 Å². The number of nitrogens with two attached hydrogens (primary N) is 1. The van der Waals surface area contributed by atoms with Crippen LogP contribution in [0.2, 0.25) is 0 Å². The Morgan fingerprint density at radius 2 is 2.32 bits per heavy atom. The van der Waals surface area contributed by atoms with Gasteiger partial charge in [-0.1, -0.05) is 11.3 Å². The number of aliphatic hydroxyl groups excluding tert-OH is 1. The zero-order chi connectivity index (χ0) is 14.3. The van der Waals surface area contributed by atoms with Gasteiger partial charge in [0.25, 0.3) is 5.91 Å². The highest BCUT2D eigenvalue weighted by atomic mass is 32.1. The summed E-state index contributed by atoms with van der Waals surface area (Å²) < 4.78 is 4.90. The van der Waals surface area contributed by atoms with Crippen LogP contribution in [0, 0.1) is 0 Å². The van der Waals surface area contributed by atoms with Crippen molar-refractivity contribution in [1.82, 2.24) is 10.3 Å². The molecule has 8 heteroatoms. The van der Waals surface area contributed by atoms with Crippen molar-refractivity contribution < 1.29 is 14.6 Å². The summed E-state index contributed by atoms with van der Waals surface area (Å²) >= 11 is 1.20. The van der Waals surface area contributed by atoms with E-state index in [1.54, 1.807) is 14.0 Å². The van der Waals surface area contributed by atoms with Crippen molar-refractivity contribution >= 4 is 28.2 Å². The highest BCUT2D eigenvalue weighted by Crippen LogP contribution is 2.24. The minimum atomic E-state index is -0.439. The highest BCUT2D eigenvalue weighted by molar-refractivity contribution is 7.18. The number of thiazole rings is 1. The normalized spacial score (nSPS) is 12.2. The average molecular weight is 288 g/mol. The van der Waals surface area contributed by atoms with Crippen LogP contribution in [0.15, 0.2) is 0 Å². The first-order valence-electron chi connectivity index (χ1n) is 6.00. The molecule has 0 bridgehead atoms. The predicted octanol–water partition coefficient (Wildman–Crippen LogP) is 0.284. The molecule has 0 fully saturated rings. The van der Waals surface area contributed by atoms with E-state index in [0.717, 1.165) is 0 Å². The topological polar surface area (TPSA) is 110 Å². The van der Waals surface area contributed by atoms with Crippen LogP contribution in [0.3, 0.4) is 0 Å². The largest absolute Gasteiger partial charge is 0.393 e. The summed E-state index contributed by atoms with van der Waals surface area (Å²) in [4.78, 5) is 16.3. The lowest BCUT2D eigenvalue weighted by Gasteiger charge is -2.05. The van der Waals surface area contributed by atoms with Crippen LogP contribution in [0.25, 0.3) is 0 Å². The average Bonchev–Trinajstić information content (AvgIpc) is 2.70. The predicted molar refractivity (Wildman–Crippen MR) is 75.5 cm³/mol. The number of nitrogen functional groups attached to an aromatic ring is 1. The van der Waals surface area contributed by atoms with Crippen molar-refractivity contribution in [3.05, 3.63) is 4.88 Å². The monoisotopic (exact) mass is 288 g/mol. The molecule has 0 aliphatic heterocycles. The second kappa shape index (κ2) is 7.93. The van der Waals surface area contributed by atoms with E-state index in [1.807, 2.05) is 0 Å². The van der Waals surface area contributed by atoms with E-state index in [9.17, 15) is 4.79 Å². The molecule has 108 valence electrons. The lowest BCUT2D eigenvalue weighted by atomic mass is 10.3. The number of aliphatic hydroxyl groups is 1.